The number of hydrogen-bond acceptors (Lipinski definition) is 5. The van der Waals surface area contributed by atoms with E-state index in [0.717, 1.165) is 30.8 Å². The minimum Gasteiger partial charge on any atom is -0.497 e. The Kier molecular flexibility index (Phi) is 8.06. The quantitative estimate of drug-likeness (QED) is 0.536. The summed E-state index contributed by atoms with van der Waals surface area (Å²) < 4.78 is 62.5. The number of benzene rings is 1. The highest BCUT2D eigenvalue weighted by Crippen LogP contribution is 2.44. The maximum Gasteiger partial charge on any atom is 0.379 e. The van der Waals surface area contributed by atoms with Gasteiger partial charge in [-0.3, -0.25) is 0 Å². The molecule has 0 amide bonds. The molecule has 10 heteroatoms. The van der Waals surface area contributed by atoms with Crippen LogP contribution in [0, 0.1) is 0 Å². The lowest BCUT2D eigenvalue weighted by Crippen LogP contribution is -2.38. The van der Waals surface area contributed by atoms with Crippen LogP contribution < -0.4 is 9.64 Å². The molecule has 1 aromatic carbocycles. The fourth-order valence-electron chi connectivity index (χ4n) is 3.06. The summed E-state index contributed by atoms with van der Waals surface area (Å²) in [6, 6.07) is 7.36. The predicted octanol–water partition coefficient (Wildman–Crippen LogP) is 5.12. The second-order valence-corrected chi connectivity index (χ2v) is 6.22. The zero-order valence-electron chi connectivity index (χ0n) is 16.0. The normalized spacial score (nSPS) is 16.1. The van der Waals surface area contributed by atoms with Gasteiger partial charge in [0.15, 0.2) is 0 Å². The summed E-state index contributed by atoms with van der Waals surface area (Å²) >= 11 is 3.53. The van der Waals surface area contributed by atoms with Crippen molar-refractivity contribution in [3.8, 4) is 17.0 Å². The van der Waals surface area contributed by atoms with Gasteiger partial charge in [-0.1, -0.05) is 0 Å². The van der Waals surface area contributed by atoms with Gasteiger partial charge in [-0.2, -0.15) is 34.6 Å². The first kappa shape index (κ1) is 23.2. The van der Waals surface area contributed by atoms with Crippen molar-refractivity contribution in [1.82, 2.24) is 9.97 Å². The monoisotopic (exact) mass is 435 g/mol. The lowest BCUT2D eigenvalue weighted by Gasteiger charge is -2.31. The summed E-state index contributed by atoms with van der Waals surface area (Å²) in [7, 11) is 1.60. The largest absolute Gasteiger partial charge is 0.497 e. The number of thiol groups is 1. The molecule has 2 aliphatic rings. The third-order valence-corrected chi connectivity index (χ3v) is 4.53. The van der Waals surface area contributed by atoms with Crippen LogP contribution in [-0.2, 0) is 12.3 Å². The van der Waals surface area contributed by atoms with Crippen LogP contribution >= 0.6 is 12.6 Å². The molecule has 2 heterocycles. The summed E-state index contributed by atoms with van der Waals surface area (Å²) in [6.45, 7) is -2.02. The van der Waals surface area contributed by atoms with Crippen LogP contribution in [0.25, 0.3) is 11.3 Å². The fraction of sp³-hybridized carbons (Fsp3) is 0.474. The maximum absolute atomic E-state index is 14.2. The maximum atomic E-state index is 14.2. The summed E-state index contributed by atoms with van der Waals surface area (Å²) in [6.07, 6.45) is 2.86. The molecule has 0 saturated carbocycles. The van der Waals surface area contributed by atoms with E-state index < -0.39 is 12.6 Å². The van der Waals surface area contributed by atoms with Crippen molar-refractivity contribution < 1.29 is 26.7 Å². The van der Waals surface area contributed by atoms with Crippen LogP contribution in [0.2, 0.25) is 0 Å². The number of fused-ring (bicyclic) bond motifs is 1. The minimum atomic E-state index is -3.67. The van der Waals surface area contributed by atoms with Gasteiger partial charge < -0.3 is 9.64 Å². The average Bonchev–Trinajstić information content (AvgIpc) is 2.96. The second-order valence-electron chi connectivity index (χ2n) is 6.22. The Morgan fingerprint density at radius 1 is 1.07 bits per heavy atom. The Balaban J connectivity index is 0.000000449. The highest BCUT2D eigenvalue weighted by Gasteiger charge is 2.43. The van der Waals surface area contributed by atoms with Crippen LogP contribution in [0.3, 0.4) is 0 Å². The number of nitrogens with zero attached hydrogens (tertiary/aromatic N) is 3. The highest BCUT2D eigenvalue weighted by molar-refractivity contribution is 7.79. The lowest BCUT2D eigenvalue weighted by atomic mass is 10.0. The summed E-state index contributed by atoms with van der Waals surface area (Å²) in [5.74, 6) is -1.71. The molecule has 0 bridgehead atoms. The average molecular weight is 435 g/mol. The first-order chi connectivity index (χ1) is 13.8. The van der Waals surface area contributed by atoms with Crippen molar-refractivity contribution in [2.75, 3.05) is 31.4 Å². The Bertz CT molecular complexity index is 798. The molecule has 0 spiro atoms. The van der Waals surface area contributed by atoms with Gasteiger partial charge in [0.25, 0.3) is 5.92 Å². The Labute approximate surface area is 171 Å². The molecule has 1 aliphatic carbocycles. The molecule has 2 aromatic rings. The van der Waals surface area contributed by atoms with Gasteiger partial charge in [-0.15, -0.1) is 0 Å². The number of methoxy groups -OCH3 is 1. The molecule has 1 saturated heterocycles. The highest BCUT2D eigenvalue weighted by atomic mass is 32.1. The van der Waals surface area contributed by atoms with E-state index in [0.29, 0.717) is 23.6 Å². The zero-order valence-corrected chi connectivity index (χ0v) is 16.9. The molecule has 1 aliphatic heterocycles. The molecular weight excluding hydrogens is 413 g/mol. The number of halogens is 5. The van der Waals surface area contributed by atoms with E-state index in [1.807, 2.05) is 29.2 Å². The van der Waals surface area contributed by atoms with E-state index in [9.17, 15) is 22.0 Å². The molecule has 0 N–H and O–H groups in total. The smallest absolute Gasteiger partial charge is 0.379 e. The Morgan fingerprint density at radius 3 is 2.14 bits per heavy atom. The fourth-order valence-corrected chi connectivity index (χ4v) is 3.06. The summed E-state index contributed by atoms with van der Waals surface area (Å²) in [5, 5.41) is 0. The molecule has 0 unspecified atom stereocenters. The van der Waals surface area contributed by atoms with Crippen LogP contribution in [0.1, 0.15) is 24.1 Å². The van der Waals surface area contributed by atoms with E-state index in [4.69, 9.17) is 4.74 Å². The van der Waals surface area contributed by atoms with Crippen molar-refractivity contribution in [3.05, 3.63) is 35.5 Å². The van der Waals surface area contributed by atoms with Gasteiger partial charge >= 0.3 is 6.68 Å². The number of rotatable bonds is 3. The molecule has 1 fully saturated rings. The SMILES string of the molecule is COc1ccc(-c2nc(N3CCC3)nc3c2CCC3(F)F)cc1.CS.FC(F)F. The Morgan fingerprint density at radius 2 is 1.66 bits per heavy atom. The first-order valence-electron chi connectivity index (χ1n) is 8.87. The van der Waals surface area contributed by atoms with Crippen molar-refractivity contribution in [2.24, 2.45) is 0 Å². The summed E-state index contributed by atoms with van der Waals surface area (Å²) in [4.78, 5) is 10.7. The Hall–Kier alpha value is -2.10. The van der Waals surface area contributed by atoms with Gasteiger partial charge in [-0.05, 0) is 43.4 Å². The molecule has 0 radical (unpaired) electrons. The van der Waals surface area contributed by atoms with Crippen molar-refractivity contribution in [2.45, 2.75) is 31.9 Å². The van der Waals surface area contributed by atoms with Crippen molar-refractivity contribution in [1.29, 1.82) is 0 Å². The van der Waals surface area contributed by atoms with E-state index >= 15 is 0 Å². The molecule has 0 atom stereocenters. The van der Waals surface area contributed by atoms with Crippen molar-refractivity contribution >= 4 is 18.6 Å². The van der Waals surface area contributed by atoms with E-state index in [1.54, 1.807) is 13.4 Å². The lowest BCUT2D eigenvalue weighted by molar-refractivity contribution is -0.00596. The standard InChI is InChI=1S/C17H17F2N3O.CHF3.CH4S/c1-23-12-5-3-11(4-6-12)14-13-7-8-17(18,19)15(13)21-16(20-14)22-9-2-10-22;2-1(3)4;1-2/h3-6H,2,7-10H2,1H3;1H;2H,1H3. The predicted molar refractivity (Wildman–Crippen MR) is 105 cm³/mol. The van der Waals surface area contributed by atoms with Crippen molar-refractivity contribution in [3.63, 3.8) is 0 Å². The van der Waals surface area contributed by atoms with Crippen LogP contribution in [0.15, 0.2) is 24.3 Å². The topological polar surface area (TPSA) is 38.2 Å². The third-order valence-electron chi connectivity index (χ3n) is 4.53. The van der Waals surface area contributed by atoms with E-state index in [1.165, 1.54) is 0 Å². The van der Waals surface area contributed by atoms with E-state index in [2.05, 4.69) is 22.6 Å². The van der Waals surface area contributed by atoms with Gasteiger partial charge in [-0.25, -0.2) is 9.97 Å². The van der Waals surface area contributed by atoms with Crippen LogP contribution in [-0.4, -0.2) is 43.1 Å². The second kappa shape index (κ2) is 10.1. The summed E-state index contributed by atoms with van der Waals surface area (Å²) in [5.41, 5.74) is 1.92. The molecule has 1 aromatic heterocycles. The van der Waals surface area contributed by atoms with E-state index in [-0.39, 0.29) is 12.1 Å². The minimum absolute atomic E-state index is 0.0970. The third kappa shape index (κ3) is 5.49. The number of hydrogen-bond donors (Lipinski definition) is 1. The molecule has 29 heavy (non-hydrogen) atoms. The molecule has 160 valence electrons. The number of alkyl halides is 5. The number of ether oxygens (including phenoxy) is 1. The molecular formula is C19H22F5N3OS. The first-order valence-corrected chi connectivity index (χ1v) is 9.77. The number of anilines is 1. The van der Waals surface area contributed by atoms with Gasteiger partial charge in [0.2, 0.25) is 5.95 Å². The molecule has 4 rings (SSSR count). The molecule has 4 nitrogen and oxygen atoms in total. The van der Waals surface area contributed by atoms with Crippen LogP contribution in [0.4, 0.5) is 27.9 Å². The van der Waals surface area contributed by atoms with Gasteiger partial charge in [0, 0.05) is 30.6 Å². The zero-order chi connectivity index (χ0) is 21.6. The van der Waals surface area contributed by atoms with Gasteiger partial charge in [0.1, 0.15) is 11.4 Å². The number of aromatic nitrogens is 2. The van der Waals surface area contributed by atoms with Crippen LogP contribution in [0.5, 0.6) is 5.75 Å². The van der Waals surface area contributed by atoms with Gasteiger partial charge in [0.05, 0.1) is 12.8 Å².